The van der Waals surface area contributed by atoms with Crippen LogP contribution in [0.2, 0.25) is 0 Å². The molecule has 1 N–H and O–H groups in total. The van der Waals surface area contributed by atoms with Gasteiger partial charge in [0, 0.05) is 25.6 Å². The van der Waals surface area contributed by atoms with Crippen LogP contribution in [0, 0.1) is 20.8 Å². The molecule has 0 aliphatic rings. The number of amides is 2. The van der Waals surface area contributed by atoms with Crippen LogP contribution in [0.1, 0.15) is 55.9 Å². The summed E-state index contributed by atoms with van der Waals surface area (Å²) in [5.41, 5.74) is 4.46. The molecule has 8 heteroatoms. The van der Waals surface area contributed by atoms with E-state index in [9.17, 15) is 18.0 Å². The third-order valence-electron chi connectivity index (χ3n) is 5.99. The standard InChI is InChI=1S/C27H39N3O4S/c1-19(2)28-27(32)23(6)29(18-24-12-9-8-11-21(24)4)26(31)13-10-16-30(35(7,33)34)25-17-20(3)14-15-22(25)5/h8-9,11-12,14-15,17,19,23H,10,13,16,18H2,1-7H3,(H,28,32)/t23-/m0/s1. The number of carbonyl (C=O) groups is 2. The Morgan fingerprint density at radius 1 is 0.971 bits per heavy atom. The fourth-order valence-corrected chi connectivity index (χ4v) is 4.94. The van der Waals surface area contributed by atoms with Gasteiger partial charge < -0.3 is 10.2 Å². The van der Waals surface area contributed by atoms with E-state index in [0.29, 0.717) is 18.7 Å². The number of benzene rings is 2. The first-order chi connectivity index (χ1) is 16.3. The van der Waals surface area contributed by atoms with Gasteiger partial charge in [0.15, 0.2) is 0 Å². The Morgan fingerprint density at radius 3 is 2.23 bits per heavy atom. The van der Waals surface area contributed by atoms with Crippen molar-refractivity contribution in [3.63, 3.8) is 0 Å². The average Bonchev–Trinajstić information content (AvgIpc) is 2.76. The molecule has 0 unspecified atom stereocenters. The van der Waals surface area contributed by atoms with Crippen molar-refractivity contribution < 1.29 is 18.0 Å². The van der Waals surface area contributed by atoms with Gasteiger partial charge in [0.1, 0.15) is 6.04 Å². The molecule has 0 bridgehead atoms. The molecule has 192 valence electrons. The summed E-state index contributed by atoms with van der Waals surface area (Å²) < 4.78 is 26.5. The second-order valence-corrected chi connectivity index (χ2v) is 11.4. The minimum atomic E-state index is -3.53. The zero-order valence-electron chi connectivity index (χ0n) is 22.0. The maximum atomic E-state index is 13.4. The molecule has 2 aromatic rings. The molecule has 7 nitrogen and oxygen atoms in total. The highest BCUT2D eigenvalue weighted by atomic mass is 32.2. The van der Waals surface area contributed by atoms with Crippen LogP contribution in [0.25, 0.3) is 0 Å². The summed E-state index contributed by atoms with van der Waals surface area (Å²) in [5, 5.41) is 2.89. The Labute approximate surface area is 210 Å². The number of sulfonamides is 1. The van der Waals surface area contributed by atoms with Gasteiger partial charge in [0.2, 0.25) is 21.8 Å². The van der Waals surface area contributed by atoms with Crippen LogP contribution >= 0.6 is 0 Å². The molecular weight excluding hydrogens is 462 g/mol. The molecule has 0 heterocycles. The number of nitrogens with one attached hydrogen (secondary N) is 1. The van der Waals surface area contributed by atoms with Gasteiger partial charge >= 0.3 is 0 Å². The smallest absolute Gasteiger partial charge is 0.242 e. The van der Waals surface area contributed by atoms with Crippen LogP contribution in [0.3, 0.4) is 0 Å². The van der Waals surface area contributed by atoms with Gasteiger partial charge in [-0.1, -0.05) is 36.4 Å². The Balaban J connectivity index is 2.22. The molecule has 2 amide bonds. The molecule has 0 aliphatic carbocycles. The second-order valence-electron chi connectivity index (χ2n) is 9.52. The Bertz CT molecular complexity index is 1140. The maximum Gasteiger partial charge on any atom is 0.242 e. The highest BCUT2D eigenvalue weighted by Gasteiger charge is 2.27. The van der Waals surface area contributed by atoms with Crippen LogP contribution in [0.5, 0.6) is 0 Å². The number of aryl methyl sites for hydroxylation is 3. The summed E-state index contributed by atoms with van der Waals surface area (Å²) in [6.45, 7) is 11.7. The number of carbonyl (C=O) groups excluding carboxylic acids is 2. The molecule has 0 aromatic heterocycles. The van der Waals surface area contributed by atoms with E-state index >= 15 is 0 Å². The predicted octanol–water partition coefficient (Wildman–Crippen LogP) is 4.10. The normalized spacial score (nSPS) is 12.3. The van der Waals surface area contributed by atoms with Gasteiger partial charge in [-0.05, 0) is 76.3 Å². The van der Waals surface area contributed by atoms with Gasteiger partial charge in [-0.3, -0.25) is 13.9 Å². The van der Waals surface area contributed by atoms with Gasteiger partial charge in [-0.2, -0.15) is 0 Å². The fraction of sp³-hybridized carbons (Fsp3) is 0.481. The molecule has 2 rings (SSSR count). The van der Waals surface area contributed by atoms with E-state index in [-0.39, 0.29) is 30.8 Å². The third-order valence-corrected chi connectivity index (χ3v) is 7.17. The molecule has 0 saturated carbocycles. The summed E-state index contributed by atoms with van der Waals surface area (Å²) in [4.78, 5) is 27.7. The van der Waals surface area contributed by atoms with Crippen LogP contribution < -0.4 is 9.62 Å². The van der Waals surface area contributed by atoms with Crippen molar-refractivity contribution in [2.45, 2.75) is 73.0 Å². The topological polar surface area (TPSA) is 86.8 Å². The minimum Gasteiger partial charge on any atom is -0.352 e. The van der Waals surface area contributed by atoms with Crippen molar-refractivity contribution in [1.82, 2.24) is 10.2 Å². The quantitative estimate of drug-likeness (QED) is 0.502. The lowest BCUT2D eigenvalue weighted by molar-refractivity contribution is -0.140. The predicted molar refractivity (Wildman–Crippen MR) is 142 cm³/mol. The lowest BCUT2D eigenvalue weighted by atomic mass is 10.1. The zero-order chi connectivity index (χ0) is 26.3. The van der Waals surface area contributed by atoms with Crippen LogP contribution in [0.15, 0.2) is 42.5 Å². The van der Waals surface area contributed by atoms with Crippen molar-refractivity contribution in [3.8, 4) is 0 Å². The molecule has 2 aromatic carbocycles. The molecule has 0 spiro atoms. The van der Waals surface area contributed by atoms with E-state index in [2.05, 4.69) is 5.32 Å². The van der Waals surface area contributed by atoms with Crippen molar-refractivity contribution in [3.05, 3.63) is 64.7 Å². The molecule has 35 heavy (non-hydrogen) atoms. The average molecular weight is 502 g/mol. The number of rotatable bonds is 11. The van der Waals surface area contributed by atoms with Crippen molar-refractivity contribution >= 4 is 27.5 Å². The molecule has 0 radical (unpaired) electrons. The highest BCUT2D eigenvalue weighted by Crippen LogP contribution is 2.25. The summed E-state index contributed by atoms with van der Waals surface area (Å²) >= 11 is 0. The Morgan fingerprint density at radius 2 is 1.63 bits per heavy atom. The summed E-state index contributed by atoms with van der Waals surface area (Å²) in [6, 6.07) is 12.8. The monoisotopic (exact) mass is 501 g/mol. The number of anilines is 1. The highest BCUT2D eigenvalue weighted by molar-refractivity contribution is 7.92. The number of nitrogens with zero attached hydrogens (tertiary/aromatic N) is 2. The van der Waals surface area contributed by atoms with Crippen LogP contribution in [0.4, 0.5) is 5.69 Å². The van der Waals surface area contributed by atoms with Gasteiger partial charge in [0.05, 0.1) is 11.9 Å². The Hall–Kier alpha value is -2.87. The van der Waals surface area contributed by atoms with Gasteiger partial charge in [-0.15, -0.1) is 0 Å². The molecule has 1 atom stereocenters. The van der Waals surface area contributed by atoms with Gasteiger partial charge in [0.25, 0.3) is 0 Å². The molecule has 0 fully saturated rings. The maximum absolute atomic E-state index is 13.4. The van der Waals surface area contributed by atoms with E-state index < -0.39 is 16.1 Å². The van der Waals surface area contributed by atoms with Crippen molar-refractivity contribution in [2.75, 3.05) is 17.1 Å². The first-order valence-corrected chi connectivity index (χ1v) is 13.9. The van der Waals surface area contributed by atoms with E-state index in [1.54, 1.807) is 11.8 Å². The van der Waals surface area contributed by atoms with Gasteiger partial charge in [-0.25, -0.2) is 8.42 Å². The summed E-state index contributed by atoms with van der Waals surface area (Å²) in [7, 11) is -3.53. The molecular formula is C27H39N3O4S. The zero-order valence-corrected chi connectivity index (χ0v) is 22.8. The third kappa shape index (κ3) is 8.09. The van der Waals surface area contributed by atoms with E-state index in [4.69, 9.17) is 0 Å². The van der Waals surface area contributed by atoms with Crippen LogP contribution in [-0.2, 0) is 26.2 Å². The largest absolute Gasteiger partial charge is 0.352 e. The lowest BCUT2D eigenvalue weighted by Crippen LogP contribution is -2.49. The van der Waals surface area contributed by atoms with Crippen molar-refractivity contribution in [2.24, 2.45) is 0 Å². The van der Waals surface area contributed by atoms with E-state index in [1.165, 1.54) is 10.6 Å². The second kappa shape index (κ2) is 12.2. The summed E-state index contributed by atoms with van der Waals surface area (Å²) in [5.74, 6) is -0.399. The van der Waals surface area contributed by atoms with E-state index in [0.717, 1.165) is 22.3 Å². The molecule has 0 saturated heterocycles. The van der Waals surface area contributed by atoms with Crippen molar-refractivity contribution in [1.29, 1.82) is 0 Å². The minimum absolute atomic E-state index is 0.0405. The number of hydrogen-bond donors (Lipinski definition) is 1. The number of hydrogen-bond acceptors (Lipinski definition) is 4. The first-order valence-electron chi connectivity index (χ1n) is 12.0. The van der Waals surface area contributed by atoms with E-state index in [1.807, 2.05) is 77.1 Å². The summed E-state index contributed by atoms with van der Waals surface area (Å²) in [6.07, 6.45) is 1.64. The lowest BCUT2D eigenvalue weighted by Gasteiger charge is -2.30. The van der Waals surface area contributed by atoms with Crippen LogP contribution in [-0.4, -0.2) is 50.0 Å². The fourth-order valence-electron chi connectivity index (χ4n) is 3.93. The first kappa shape index (κ1) is 28.4. The Kier molecular flexibility index (Phi) is 9.89. The SMILES string of the molecule is Cc1ccc(C)c(N(CCCC(=O)N(Cc2ccccc2C)[C@@H](C)C(=O)NC(C)C)S(C)(=O)=O)c1. The molecule has 0 aliphatic heterocycles.